The topological polar surface area (TPSA) is 68.1 Å². The lowest BCUT2D eigenvalue weighted by Gasteiger charge is -2.24. The van der Waals surface area contributed by atoms with Gasteiger partial charge in [-0.25, -0.2) is 0 Å². The molecule has 5 heteroatoms. The van der Waals surface area contributed by atoms with E-state index in [0.717, 1.165) is 24.0 Å². The zero-order valence-electron chi connectivity index (χ0n) is 12.0. The Labute approximate surface area is 118 Å². The van der Waals surface area contributed by atoms with Crippen molar-refractivity contribution in [1.82, 2.24) is 4.98 Å². The molecule has 20 heavy (non-hydrogen) atoms. The maximum atomic E-state index is 11.1. The second kappa shape index (κ2) is 5.45. The lowest BCUT2D eigenvalue weighted by Crippen LogP contribution is -2.22. The van der Waals surface area contributed by atoms with E-state index in [1.54, 1.807) is 30.6 Å². The predicted molar refractivity (Wildman–Crippen MR) is 81.0 cm³/mol. The number of nitro groups is 1. The zero-order valence-corrected chi connectivity index (χ0v) is 12.0. The van der Waals surface area contributed by atoms with Crippen molar-refractivity contribution < 1.29 is 4.92 Å². The molecule has 0 fully saturated rings. The van der Waals surface area contributed by atoms with Gasteiger partial charge in [0.2, 0.25) is 0 Å². The maximum absolute atomic E-state index is 11.1. The van der Waals surface area contributed by atoms with Crippen molar-refractivity contribution in [2.75, 3.05) is 11.9 Å². The third-order valence-corrected chi connectivity index (χ3v) is 3.71. The Morgan fingerprint density at radius 2 is 2.05 bits per heavy atom. The highest BCUT2D eigenvalue weighted by Gasteiger charge is 2.17. The van der Waals surface area contributed by atoms with Crippen LogP contribution >= 0.6 is 0 Å². The van der Waals surface area contributed by atoms with Crippen molar-refractivity contribution in [3.63, 3.8) is 0 Å². The number of hydrogen-bond donors (Lipinski definition) is 1. The molecule has 1 N–H and O–H groups in total. The van der Waals surface area contributed by atoms with Gasteiger partial charge in [-0.3, -0.25) is 15.1 Å². The molecule has 0 bridgehead atoms. The molecule has 0 amide bonds. The molecule has 0 unspecified atom stereocenters. The Hall–Kier alpha value is -2.17. The summed E-state index contributed by atoms with van der Waals surface area (Å²) in [5.74, 6) is 0. The number of pyridine rings is 1. The fourth-order valence-corrected chi connectivity index (χ4v) is 1.95. The third kappa shape index (κ3) is 2.87. The molecule has 1 heterocycles. The van der Waals surface area contributed by atoms with Gasteiger partial charge in [0, 0.05) is 36.1 Å². The molecule has 0 saturated carbocycles. The molecule has 0 aliphatic carbocycles. The van der Waals surface area contributed by atoms with Gasteiger partial charge in [0.05, 0.1) is 10.3 Å². The average molecular weight is 273 g/mol. The third-order valence-electron chi connectivity index (χ3n) is 3.71. The summed E-state index contributed by atoms with van der Waals surface area (Å²) in [7, 11) is 0. The van der Waals surface area contributed by atoms with Crippen molar-refractivity contribution in [3.05, 3.63) is 40.7 Å². The summed E-state index contributed by atoms with van der Waals surface area (Å²) in [5.41, 5.74) is 1.18. The molecular formula is C15H19N3O2. The van der Waals surface area contributed by atoms with Crippen molar-refractivity contribution >= 4 is 22.1 Å². The second-order valence-electron chi connectivity index (χ2n) is 5.68. The number of nitrogens with one attached hydrogen (secondary N) is 1. The molecule has 1 aromatic carbocycles. The lowest BCUT2D eigenvalue weighted by atomic mass is 9.90. The van der Waals surface area contributed by atoms with Gasteiger partial charge in [0.25, 0.3) is 5.69 Å². The molecule has 5 nitrogen and oxygen atoms in total. The first-order chi connectivity index (χ1) is 9.44. The largest absolute Gasteiger partial charge is 0.384 e. The smallest absolute Gasteiger partial charge is 0.277 e. The van der Waals surface area contributed by atoms with E-state index >= 15 is 0 Å². The van der Waals surface area contributed by atoms with Crippen LogP contribution in [0.25, 0.3) is 10.8 Å². The van der Waals surface area contributed by atoms with Crippen LogP contribution < -0.4 is 5.32 Å². The van der Waals surface area contributed by atoms with Gasteiger partial charge in [-0.1, -0.05) is 20.8 Å². The van der Waals surface area contributed by atoms with Gasteiger partial charge in [-0.05, 0) is 24.0 Å². The van der Waals surface area contributed by atoms with E-state index in [2.05, 4.69) is 31.1 Å². The lowest BCUT2D eigenvalue weighted by molar-refractivity contribution is -0.383. The van der Waals surface area contributed by atoms with Crippen LogP contribution in [0.15, 0.2) is 30.6 Å². The number of nitro benzene ring substituents is 1. The van der Waals surface area contributed by atoms with Crippen LogP contribution in [0.1, 0.15) is 27.2 Å². The van der Waals surface area contributed by atoms with E-state index in [1.165, 1.54) is 0 Å². The SMILES string of the molecule is CCC(C)(C)CNc1ccc([N+](=O)[O-])c2ccncc12. The van der Waals surface area contributed by atoms with Crippen molar-refractivity contribution in [3.8, 4) is 0 Å². The van der Waals surface area contributed by atoms with Crippen LogP contribution in [-0.2, 0) is 0 Å². The first-order valence-corrected chi connectivity index (χ1v) is 6.69. The average Bonchev–Trinajstić information content (AvgIpc) is 2.44. The van der Waals surface area contributed by atoms with Crippen molar-refractivity contribution in [2.45, 2.75) is 27.2 Å². The van der Waals surface area contributed by atoms with E-state index < -0.39 is 0 Å². The Morgan fingerprint density at radius 3 is 2.70 bits per heavy atom. The molecule has 0 radical (unpaired) electrons. The summed E-state index contributed by atoms with van der Waals surface area (Å²) in [6.07, 6.45) is 4.31. The Kier molecular flexibility index (Phi) is 3.88. The van der Waals surface area contributed by atoms with Gasteiger partial charge in [0.15, 0.2) is 0 Å². The van der Waals surface area contributed by atoms with E-state index in [9.17, 15) is 10.1 Å². The highest BCUT2D eigenvalue weighted by molar-refractivity contribution is 5.99. The summed E-state index contributed by atoms with van der Waals surface area (Å²) < 4.78 is 0. The van der Waals surface area contributed by atoms with Gasteiger partial charge in [-0.15, -0.1) is 0 Å². The number of nitrogens with zero attached hydrogens (tertiary/aromatic N) is 2. The number of rotatable bonds is 5. The van der Waals surface area contributed by atoms with E-state index in [-0.39, 0.29) is 16.0 Å². The Bertz CT molecular complexity index is 638. The standard InChI is InChI=1S/C15H19N3O2/c1-4-15(2,3)10-17-13-5-6-14(18(19)20)11-7-8-16-9-12(11)13/h5-9,17H,4,10H2,1-3H3. The molecule has 2 aromatic rings. The van der Waals surface area contributed by atoms with Crippen LogP contribution in [0, 0.1) is 15.5 Å². The van der Waals surface area contributed by atoms with Gasteiger partial charge in [-0.2, -0.15) is 0 Å². The number of fused-ring (bicyclic) bond motifs is 1. The Morgan fingerprint density at radius 1 is 1.30 bits per heavy atom. The molecule has 0 atom stereocenters. The minimum absolute atomic E-state index is 0.114. The minimum Gasteiger partial charge on any atom is -0.384 e. The van der Waals surface area contributed by atoms with Gasteiger partial charge < -0.3 is 5.32 Å². The molecule has 2 rings (SSSR count). The highest BCUT2D eigenvalue weighted by atomic mass is 16.6. The quantitative estimate of drug-likeness (QED) is 0.660. The van der Waals surface area contributed by atoms with Crippen LogP contribution in [0.5, 0.6) is 0 Å². The maximum Gasteiger partial charge on any atom is 0.277 e. The fraction of sp³-hybridized carbons (Fsp3) is 0.400. The van der Waals surface area contributed by atoms with Crippen molar-refractivity contribution in [1.29, 1.82) is 0 Å². The van der Waals surface area contributed by atoms with Crippen LogP contribution in [-0.4, -0.2) is 16.5 Å². The van der Waals surface area contributed by atoms with E-state index in [1.807, 2.05) is 0 Å². The monoisotopic (exact) mass is 273 g/mol. The van der Waals surface area contributed by atoms with Gasteiger partial charge >= 0.3 is 0 Å². The molecule has 1 aromatic heterocycles. The summed E-state index contributed by atoms with van der Waals surface area (Å²) in [6, 6.07) is 4.99. The first kappa shape index (κ1) is 14.2. The van der Waals surface area contributed by atoms with Crippen LogP contribution in [0.2, 0.25) is 0 Å². The van der Waals surface area contributed by atoms with E-state index in [0.29, 0.717) is 5.39 Å². The summed E-state index contributed by atoms with van der Waals surface area (Å²) >= 11 is 0. The molecule has 0 saturated heterocycles. The second-order valence-corrected chi connectivity index (χ2v) is 5.68. The molecular weight excluding hydrogens is 254 g/mol. The fourth-order valence-electron chi connectivity index (χ4n) is 1.95. The van der Waals surface area contributed by atoms with Crippen LogP contribution in [0.4, 0.5) is 11.4 Å². The molecule has 106 valence electrons. The molecule has 0 aliphatic rings. The zero-order chi connectivity index (χ0) is 14.8. The van der Waals surface area contributed by atoms with Gasteiger partial charge in [0.1, 0.15) is 0 Å². The normalized spacial score (nSPS) is 11.6. The minimum atomic E-state index is -0.359. The number of hydrogen-bond acceptors (Lipinski definition) is 4. The summed E-state index contributed by atoms with van der Waals surface area (Å²) in [6.45, 7) is 7.33. The predicted octanol–water partition coefficient (Wildman–Crippen LogP) is 3.99. The Balaban J connectivity index is 2.41. The number of anilines is 1. The van der Waals surface area contributed by atoms with Crippen molar-refractivity contribution in [2.24, 2.45) is 5.41 Å². The first-order valence-electron chi connectivity index (χ1n) is 6.69. The molecule has 0 spiro atoms. The van der Waals surface area contributed by atoms with E-state index in [4.69, 9.17) is 0 Å². The number of benzene rings is 1. The highest BCUT2D eigenvalue weighted by Crippen LogP contribution is 2.31. The molecule has 0 aliphatic heterocycles. The van der Waals surface area contributed by atoms with Crippen LogP contribution in [0.3, 0.4) is 0 Å². The summed E-state index contributed by atoms with van der Waals surface area (Å²) in [4.78, 5) is 14.8. The number of aromatic nitrogens is 1. The summed E-state index contributed by atoms with van der Waals surface area (Å²) in [5, 5.41) is 15.8. The number of non-ortho nitro benzene ring substituents is 1.